The minimum Gasteiger partial charge on any atom is -0.342 e. The lowest BCUT2D eigenvalue weighted by Crippen LogP contribution is -2.55. The van der Waals surface area contributed by atoms with Crippen LogP contribution in [0.25, 0.3) is 11.1 Å². The van der Waals surface area contributed by atoms with E-state index in [1.807, 2.05) is 18.2 Å². The van der Waals surface area contributed by atoms with Gasteiger partial charge in [0.25, 0.3) is 0 Å². The quantitative estimate of drug-likeness (QED) is 0.868. The van der Waals surface area contributed by atoms with E-state index >= 15 is 0 Å². The number of hydrogen-bond acceptors (Lipinski definition) is 2. The predicted octanol–water partition coefficient (Wildman–Crippen LogP) is 3.06. The molecule has 0 saturated carbocycles. The lowest BCUT2D eigenvalue weighted by atomic mass is 9.79. The van der Waals surface area contributed by atoms with Crippen LogP contribution in [0.5, 0.6) is 0 Å². The Kier molecular flexibility index (Phi) is 3.89. The Bertz CT molecular complexity index is 717. The standard InChI is InChI=1S/C21H24N2O/c1-22-14-21(15-22)11-12-23(16-21)20(24)13-17-7-9-19(10-8-17)18-5-3-2-4-6-18/h2-10H,11-16H2,1H3. The molecule has 2 saturated heterocycles. The molecule has 0 radical (unpaired) electrons. The molecule has 0 aliphatic carbocycles. The van der Waals surface area contributed by atoms with Gasteiger partial charge in [0.05, 0.1) is 6.42 Å². The van der Waals surface area contributed by atoms with Gasteiger partial charge < -0.3 is 9.80 Å². The molecule has 2 fully saturated rings. The number of likely N-dealkylation sites (tertiary alicyclic amines) is 2. The molecule has 3 heteroatoms. The van der Waals surface area contributed by atoms with Crippen LogP contribution < -0.4 is 0 Å². The SMILES string of the molecule is CN1CC2(CCN(C(=O)Cc3ccc(-c4ccccc4)cc3)C2)C1. The number of amides is 1. The summed E-state index contributed by atoms with van der Waals surface area (Å²) in [5.41, 5.74) is 3.91. The second-order valence-electron chi connectivity index (χ2n) is 7.48. The molecule has 1 spiro atoms. The average molecular weight is 320 g/mol. The Labute approximate surface area is 143 Å². The Morgan fingerprint density at radius 2 is 1.62 bits per heavy atom. The van der Waals surface area contributed by atoms with E-state index in [4.69, 9.17) is 0 Å². The van der Waals surface area contributed by atoms with E-state index in [0.29, 0.717) is 11.8 Å². The molecular formula is C21H24N2O. The Morgan fingerprint density at radius 3 is 2.29 bits per heavy atom. The average Bonchev–Trinajstić information content (AvgIpc) is 3.01. The summed E-state index contributed by atoms with van der Waals surface area (Å²) in [5, 5.41) is 0. The van der Waals surface area contributed by atoms with Crippen molar-refractivity contribution in [1.29, 1.82) is 0 Å². The largest absolute Gasteiger partial charge is 0.342 e. The number of nitrogens with zero attached hydrogens (tertiary/aromatic N) is 2. The summed E-state index contributed by atoms with van der Waals surface area (Å²) in [6, 6.07) is 18.8. The minimum absolute atomic E-state index is 0.272. The van der Waals surface area contributed by atoms with E-state index in [1.54, 1.807) is 0 Å². The minimum atomic E-state index is 0.272. The van der Waals surface area contributed by atoms with Gasteiger partial charge in [-0.1, -0.05) is 54.6 Å². The van der Waals surface area contributed by atoms with E-state index < -0.39 is 0 Å². The van der Waals surface area contributed by atoms with Gasteiger partial charge in [-0.25, -0.2) is 0 Å². The van der Waals surface area contributed by atoms with Crippen LogP contribution >= 0.6 is 0 Å². The number of hydrogen-bond donors (Lipinski definition) is 0. The highest BCUT2D eigenvalue weighted by Gasteiger charge is 2.46. The molecular weight excluding hydrogens is 296 g/mol. The maximum absolute atomic E-state index is 12.6. The van der Waals surface area contributed by atoms with E-state index in [0.717, 1.165) is 38.2 Å². The van der Waals surface area contributed by atoms with Gasteiger partial charge in [0.2, 0.25) is 5.91 Å². The highest BCUT2D eigenvalue weighted by atomic mass is 16.2. The summed E-state index contributed by atoms with van der Waals surface area (Å²) in [6.45, 7) is 4.15. The van der Waals surface area contributed by atoms with Crippen molar-refractivity contribution < 1.29 is 4.79 Å². The van der Waals surface area contributed by atoms with Crippen molar-refractivity contribution in [3.8, 4) is 11.1 Å². The second kappa shape index (κ2) is 6.06. The van der Waals surface area contributed by atoms with Gasteiger partial charge in [-0.05, 0) is 30.2 Å². The lowest BCUT2D eigenvalue weighted by Gasteiger charge is -2.46. The molecule has 0 bridgehead atoms. The third kappa shape index (κ3) is 2.96. The fourth-order valence-electron chi connectivity index (χ4n) is 4.24. The summed E-state index contributed by atoms with van der Waals surface area (Å²) in [5.74, 6) is 0.272. The maximum atomic E-state index is 12.6. The van der Waals surface area contributed by atoms with Crippen LogP contribution in [0, 0.1) is 5.41 Å². The number of rotatable bonds is 3. The van der Waals surface area contributed by atoms with Crippen molar-refractivity contribution in [3.63, 3.8) is 0 Å². The number of carbonyl (C=O) groups excluding carboxylic acids is 1. The monoisotopic (exact) mass is 320 g/mol. The summed E-state index contributed by atoms with van der Waals surface area (Å²) in [7, 11) is 2.16. The number of carbonyl (C=O) groups is 1. The molecule has 4 rings (SSSR count). The van der Waals surface area contributed by atoms with Crippen LogP contribution in [0.1, 0.15) is 12.0 Å². The Balaban J connectivity index is 1.38. The number of benzene rings is 2. The second-order valence-corrected chi connectivity index (χ2v) is 7.48. The Hall–Kier alpha value is -2.13. The third-order valence-corrected chi connectivity index (χ3v) is 5.42. The molecule has 2 aromatic carbocycles. The Morgan fingerprint density at radius 1 is 0.958 bits per heavy atom. The smallest absolute Gasteiger partial charge is 0.227 e. The van der Waals surface area contributed by atoms with Crippen LogP contribution in [0.3, 0.4) is 0 Å². The molecule has 0 unspecified atom stereocenters. The molecule has 124 valence electrons. The third-order valence-electron chi connectivity index (χ3n) is 5.42. The molecule has 2 heterocycles. The summed E-state index contributed by atoms with van der Waals surface area (Å²) in [6.07, 6.45) is 1.68. The van der Waals surface area contributed by atoms with Crippen LogP contribution in [-0.2, 0) is 11.2 Å². The fourth-order valence-corrected chi connectivity index (χ4v) is 4.24. The van der Waals surface area contributed by atoms with Crippen molar-refractivity contribution in [2.45, 2.75) is 12.8 Å². The highest BCUT2D eigenvalue weighted by Crippen LogP contribution is 2.38. The molecule has 24 heavy (non-hydrogen) atoms. The van der Waals surface area contributed by atoms with E-state index in [1.165, 1.54) is 11.1 Å². The first kappa shape index (κ1) is 15.4. The fraction of sp³-hybridized carbons (Fsp3) is 0.381. The van der Waals surface area contributed by atoms with Crippen molar-refractivity contribution >= 4 is 5.91 Å². The lowest BCUT2D eigenvalue weighted by molar-refractivity contribution is -0.130. The van der Waals surface area contributed by atoms with Gasteiger partial charge in [0, 0.05) is 31.6 Å². The first-order valence-electron chi connectivity index (χ1n) is 8.74. The zero-order valence-electron chi connectivity index (χ0n) is 14.2. The molecule has 0 atom stereocenters. The zero-order chi connectivity index (χ0) is 16.6. The first-order chi connectivity index (χ1) is 11.6. The van der Waals surface area contributed by atoms with Crippen LogP contribution in [0.2, 0.25) is 0 Å². The highest BCUT2D eigenvalue weighted by molar-refractivity contribution is 5.79. The van der Waals surface area contributed by atoms with E-state index in [2.05, 4.69) is 53.2 Å². The van der Waals surface area contributed by atoms with Gasteiger partial charge in [0.15, 0.2) is 0 Å². The summed E-state index contributed by atoms with van der Waals surface area (Å²) in [4.78, 5) is 17.0. The molecule has 0 N–H and O–H groups in total. The first-order valence-corrected chi connectivity index (χ1v) is 8.74. The van der Waals surface area contributed by atoms with Gasteiger partial charge in [-0.15, -0.1) is 0 Å². The van der Waals surface area contributed by atoms with Gasteiger partial charge >= 0.3 is 0 Å². The summed E-state index contributed by atoms with van der Waals surface area (Å²) >= 11 is 0. The van der Waals surface area contributed by atoms with Crippen LogP contribution in [0.15, 0.2) is 54.6 Å². The van der Waals surface area contributed by atoms with Crippen molar-refractivity contribution in [2.75, 3.05) is 33.2 Å². The normalized spacial score (nSPS) is 19.5. The van der Waals surface area contributed by atoms with Crippen molar-refractivity contribution in [3.05, 3.63) is 60.2 Å². The zero-order valence-corrected chi connectivity index (χ0v) is 14.2. The van der Waals surface area contributed by atoms with Gasteiger partial charge in [0.1, 0.15) is 0 Å². The van der Waals surface area contributed by atoms with E-state index in [-0.39, 0.29) is 5.91 Å². The predicted molar refractivity (Wildman–Crippen MR) is 96.7 cm³/mol. The molecule has 2 aliphatic rings. The van der Waals surface area contributed by atoms with Crippen molar-refractivity contribution in [1.82, 2.24) is 9.80 Å². The van der Waals surface area contributed by atoms with Crippen LogP contribution in [-0.4, -0.2) is 48.9 Å². The topological polar surface area (TPSA) is 23.6 Å². The summed E-state index contributed by atoms with van der Waals surface area (Å²) < 4.78 is 0. The van der Waals surface area contributed by atoms with Gasteiger partial charge in [-0.2, -0.15) is 0 Å². The van der Waals surface area contributed by atoms with E-state index in [9.17, 15) is 4.79 Å². The molecule has 3 nitrogen and oxygen atoms in total. The van der Waals surface area contributed by atoms with Crippen LogP contribution in [0.4, 0.5) is 0 Å². The van der Waals surface area contributed by atoms with Crippen molar-refractivity contribution in [2.24, 2.45) is 5.41 Å². The molecule has 2 aromatic rings. The molecule has 1 amide bonds. The maximum Gasteiger partial charge on any atom is 0.227 e. The molecule has 2 aliphatic heterocycles. The van der Waals surface area contributed by atoms with Gasteiger partial charge in [-0.3, -0.25) is 4.79 Å². The molecule has 0 aromatic heterocycles.